The molecule has 0 heterocycles. The van der Waals surface area contributed by atoms with Crippen LogP contribution in [0.5, 0.6) is 5.75 Å². The average Bonchev–Trinajstić information content (AvgIpc) is 2.53. The van der Waals surface area contributed by atoms with E-state index in [2.05, 4.69) is 12.1 Å². The Balaban J connectivity index is 2.10. The maximum absolute atomic E-state index is 12.1. The molecule has 3 rings (SSSR count). The van der Waals surface area contributed by atoms with Gasteiger partial charge in [-0.15, -0.1) is 0 Å². The summed E-state index contributed by atoms with van der Waals surface area (Å²) in [5, 5.41) is 0. The molecule has 1 aromatic carbocycles. The van der Waals surface area contributed by atoms with E-state index in [1.165, 1.54) is 22.3 Å². The number of hydrogen-bond donors (Lipinski definition) is 0. The predicted octanol–water partition coefficient (Wildman–Crippen LogP) is 3.60. The minimum absolute atomic E-state index is 0.122. The van der Waals surface area contributed by atoms with Crippen LogP contribution in [-0.2, 0) is 16.0 Å². The van der Waals surface area contributed by atoms with Crippen molar-refractivity contribution in [3.8, 4) is 5.75 Å². The van der Waals surface area contributed by atoms with Gasteiger partial charge in [0.05, 0.1) is 7.11 Å². The highest BCUT2D eigenvalue weighted by molar-refractivity contribution is 5.90. The molecule has 22 heavy (non-hydrogen) atoms. The van der Waals surface area contributed by atoms with Crippen molar-refractivity contribution in [2.45, 2.75) is 39.5 Å². The highest BCUT2D eigenvalue weighted by atomic mass is 16.5. The zero-order valence-electron chi connectivity index (χ0n) is 13.4. The fourth-order valence-electron chi connectivity index (χ4n) is 3.98. The van der Waals surface area contributed by atoms with Gasteiger partial charge >= 0.3 is 0 Å². The second-order valence-corrected chi connectivity index (χ2v) is 6.61. The van der Waals surface area contributed by atoms with E-state index in [0.29, 0.717) is 0 Å². The largest absolute Gasteiger partial charge is 0.497 e. The zero-order chi connectivity index (χ0) is 15.9. The minimum atomic E-state index is -0.537. The second kappa shape index (κ2) is 5.38. The summed E-state index contributed by atoms with van der Waals surface area (Å²) < 4.78 is 5.31. The number of carbonyl (C=O) groups excluding carboxylic acids is 2. The maximum Gasteiger partial charge on any atom is 0.136 e. The van der Waals surface area contributed by atoms with E-state index in [1.807, 2.05) is 13.0 Å². The molecule has 116 valence electrons. The molecule has 2 atom stereocenters. The van der Waals surface area contributed by atoms with Crippen molar-refractivity contribution in [3.05, 3.63) is 34.9 Å². The molecule has 0 amide bonds. The van der Waals surface area contributed by atoms with E-state index in [9.17, 15) is 9.59 Å². The van der Waals surface area contributed by atoms with Gasteiger partial charge in [-0.2, -0.15) is 0 Å². The number of ketones is 1. The standard InChI is InChI=1S/C19H22O3/c1-12(21)19(2)9-8-16-15-7-5-14(22-3)10-13(15)4-6-17(16)18(19)11-20/h5,7,10-11,18H,4,6,8-9H2,1-3H3/t18-,19-/m1/s1. The lowest BCUT2D eigenvalue weighted by molar-refractivity contribution is -0.132. The number of hydrogen-bond acceptors (Lipinski definition) is 3. The third kappa shape index (κ3) is 2.11. The van der Waals surface area contributed by atoms with E-state index >= 15 is 0 Å². The van der Waals surface area contributed by atoms with Crippen molar-refractivity contribution in [2.75, 3.05) is 7.11 Å². The predicted molar refractivity (Wildman–Crippen MR) is 85.8 cm³/mol. The van der Waals surface area contributed by atoms with E-state index in [0.717, 1.165) is 37.7 Å². The monoisotopic (exact) mass is 298 g/mol. The SMILES string of the molecule is COc1ccc2c(c1)CCC1=C2CC[C@](C)(C(C)=O)[C@@H]1C=O. The Morgan fingerprint density at radius 3 is 2.73 bits per heavy atom. The van der Waals surface area contributed by atoms with Crippen LogP contribution >= 0.6 is 0 Å². The third-order valence-corrected chi connectivity index (χ3v) is 5.59. The molecule has 1 aromatic rings. The molecule has 0 unspecified atom stereocenters. The number of carbonyl (C=O) groups is 2. The Kier molecular flexibility index (Phi) is 3.67. The molecule has 0 aliphatic heterocycles. The molecule has 0 spiro atoms. The van der Waals surface area contributed by atoms with Crippen molar-refractivity contribution in [1.29, 1.82) is 0 Å². The Morgan fingerprint density at radius 2 is 2.09 bits per heavy atom. The lowest BCUT2D eigenvalue weighted by Gasteiger charge is -2.41. The molecule has 0 saturated carbocycles. The lowest BCUT2D eigenvalue weighted by Crippen LogP contribution is -2.40. The summed E-state index contributed by atoms with van der Waals surface area (Å²) in [5.41, 5.74) is 4.44. The molecule has 0 radical (unpaired) electrons. The second-order valence-electron chi connectivity index (χ2n) is 6.61. The molecule has 3 nitrogen and oxygen atoms in total. The van der Waals surface area contributed by atoms with Gasteiger partial charge in [-0.3, -0.25) is 4.79 Å². The van der Waals surface area contributed by atoms with Crippen LogP contribution in [0.25, 0.3) is 5.57 Å². The van der Waals surface area contributed by atoms with Crippen LogP contribution in [0.15, 0.2) is 23.8 Å². The summed E-state index contributed by atoms with van der Waals surface area (Å²) in [6.07, 6.45) is 4.38. The number of aldehydes is 1. The summed E-state index contributed by atoms with van der Waals surface area (Å²) >= 11 is 0. The molecule has 0 N–H and O–H groups in total. The Morgan fingerprint density at radius 1 is 1.32 bits per heavy atom. The summed E-state index contributed by atoms with van der Waals surface area (Å²) in [6, 6.07) is 6.16. The van der Waals surface area contributed by atoms with Crippen molar-refractivity contribution in [2.24, 2.45) is 11.3 Å². The topological polar surface area (TPSA) is 43.4 Å². The number of fused-ring (bicyclic) bond motifs is 2. The van der Waals surface area contributed by atoms with E-state index in [4.69, 9.17) is 4.74 Å². The summed E-state index contributed by atoms with van der Waals surface area (Å²) in [6.45, 7) is 3.56. The van der Waals surface area contributed by atoms with Gasteiger partial charge in [0.2, 0.25) is 0 Å². The molecule has 0 saturated heterocycles. The van der Waals surface area contributed by atoms with Crippen molar-refractivity contribution < 1.29 is 14.3 Å². The van der Waals surface area contributed by atoms with E-state index in [1.54, 1.807) is 14.0 Å². The van der Waals surface area contributed by atoms with Gasteiger partial charge in [0.1, 0.15) is 17.8 Å². The highest BCUT2D eigenvalue weighted by Gasteiger charge is 2.45. The number of methoxy groups -OCH3 is 1. The normalized spacial score (nSPS) is 27.0. The van der Waals surface area contributed by atoms with Crippen molar-refractivity contribution in [3.63, 3.8) is 0 Å². The smallest absolute Gasteiger partial charge is 0.136 e. The molecule has 2 aliphatic carbocycles. The Bertz CT molecular complexity index is 671. The van der Waals surface area contributed by atoms with Crippen molar-refractivity contribution in [1.82, 2.24) is 0 Å². The van der Waals surface area contributed by atoms with Gasteiger partial charge in [-0.1, -0.05) is 18.6 Å². The van der Waals surface area contributed by atoms with E-state index in [-0.39, 0.29) is 11.7 Å². The van der Waals surface area contributed by atoms with Crippen LogP contribution in [-0.4, -0.2) is 19.2 Å². The maximum atomic E-state index is 12.1. The number of rotatable bonds is 3. The quantitative estimate of drug-likeness (QED) is 0.801. The minimum Gasteiger partial charge on any atom is -0.497 e. The van der Waals surface area contributed by atoms with Gasteiger partial charge in [-0.25, -0.2) is 0 Å². The Labute approximate surface area is 131 Å². The Hall–Kier alpha value is -1.90. The first-order chi connectivity index (χ1) is 10.5. The van der Waals surface area contributed by atoms with Crippen LogP contribution in [0.3, 0.4) is 0 Å². The molecule has 0 bridgehead atoms. The van der Waals surface area contributed by atoms with Crippen LogP contribution in [0.2, 0.25) is 0 Å². The number of benzene rings is 1. The fourth-order valence-corrected chi connectivity index (χ4v) is 3.98. The number of ether oxygens (including phenoxy) is 1. The van der Waals surface area contributed by atoms with Gasteiger partial charge in [0.25, 0.3) is 0 Å². The van der Waals surface area contributed by atoms with Gasteiger partial charge < -0.3 is 9.53 Å². The summed E-state index contributed by atoms with van der Waals surface area (Å²) in [4.78, 5) is 23.8. The average molecular weight is 298 g/mol. The molecular weight excluding hydrogens is 276 g/mol. The van der Waals surface area contributed by atoms with Crippen LogP contribution < -0.4 is 4.74 Å². The molecule has 2 aliphatic rings. The van der Waals surface area contributed by atoms with Crippen LogP contribution in [0, 0.1) is 11.3 Å². The number of Topliss-reactive ketones (excluding diaryl/α,β-unsaturated/α-hetero) is 1. The molecule has 0 aromatic heterocycles. The summed E-state index contributed by atoms with van der Waals surface area (Å²) in [7, 11) is 1.68. The third-order valence-electron chi connectivity index (χ3n) is 5.59. The van der Waals surface area contributed by atoms with Gasteiger partial charge in [-0.05, 0) is 61.4 Å². The van der Waals surface area contributed by atoms with Gasteiger partial charge in [0.15, 0.2) is 0 Å². The molecule has 3 heteroatoms. The number of allylic oxidation sites excluding steroid dienone is 2. The van der Waals surface area contributed by atoms with E-state index < -0.39 is 5.41 Å². The highest BCUT2D eigenvalue weighted by Crippen LogP contribution is 2.50. The first-order valence-corrected chi connectivity index (χ1v) is 7.87. The van der Waals surface area contributed by atoms with Crippen LogP contribution in [0.4, 0.5) is 0 Å². The first-order valence-electron chi connectivity index (χ1n) is 7.87. The number of aryl methyl sites for hydroxylation is 1. The zero-order valence-corrected chi connectivity index (χ0v) is 13.4. The summed E-state index contributed by atoms with van der Waals surface area (Å²) in [5.74, 6) is 0.722. The molecular formula is C19H22O3. The molecule has 0 fully saturated rings. The van der Waals surface area contributed by atoms with Crippen molar-refractivity contribution >= 4 is 17.6 Å². The van der Waals surface area contributed by atoms with Crippen LogP contribution in [0.1, 0.15) is 44.2 Å². The lowest BCUT2D eigenvalue weighted by atomic mass is 9.60. The first kappa shape index (κ1) is 15.0. The van der Waals surface area contributed by atoms with Gasteiger partial charge in [0, 0.05) is 11.3 Å². The fraction of sp³-hybridized carbons (Fsp3) is 0.474.